The molecule has 7 nitrogen and oxygen atoms in total. The third-order valence-corrected chi connectivity index (χ3v) is 5.58. The molecule has 1 saturated heterocycles. The van der Waals surface area contributed by atoms with Crippen molar-refractivity contribution in [3.63, 3.8) is 0 Å². The van der Waals surface area contributed by atoms with Crippen molar-refractivity contribution in [1.29, 1.82) is 0 Å². The lowest BCUT2D eigenvalue weighted by atomic mass is 10.0. The zero-order chi connectivity index (χ0) is 19.0. The number of nitrogens with zero attached hydrogens (tertiary/aromatic N) is 3. The molecule has 0 unspecified atom stereocenters. The van der Waals surface area contributed by atoms with Gasteiger partial charge in [-0.2, -0.15) is 5.10 Å². The minimum Gasteiger partial charge on any atom is -0.464 e. The molecular weight excluding hydrogens is 344 g/mol. The second kappa shape index (κ2) is 7.15. The van der Waals surface area contributed by atoms with Gasteiger partial charge in [0.1, 0.15) is 0 Å². The van der Waals surface area contributed by atoms with E-state index in [4.69, 9.17) is 4.74 Å². The monoisotopic (exact) mass is 368 g/mol. The van der Waals surface area contributed by atoms with E-state index in [0.717, 1.165) is 24.1 Å². The maximum absolute atomic E-state index is 13.1. The number of aromatic nitrogens is 2. The van der Waals surface area contributed by atoms with E-state index in [1.165, 1.54) is 12.7 Å². The Bertz CT molecular complexity index is 862. The number of carbonyl (C=O) groups is 2. The van der Waals surface area contributed by atoms with Crippen LogP contribution in [0.1, 0.15) is 46.2 Å². The molecule has 142 valence electrons. The normalized spacial score (nSPS) is 21.8. The molecule has 0 aliphatic carbocycles. The maximum Gasteiger partial charge on any atom is 0.358 e. The van der Waals surface area contributed by atoms with Gasteiger partial charge in [-0.25, -0.2) is 4.79 Å². The Labute approximate surface area is 158 Å². The third kappa shape index (κ3) is 3.23. The number of hydrogen-bond acceptors (Lipinski definition) is 5. The van der Waals surface area contributed by atoms with E-state index in [0.29, 0.717) is 25.2 Å². The lowest BCUT2D eigenvalue weighted by Crippen LogP contribution is -2.46. The topological polar surface area (TPSA) is 76.5 Å². The van der Waals surface area contributed by atoms with E-state index in [1.807, 2.05) is 30.1 Å². The molecule has 2 atom stereocenters. The van der Waals surface area contributed by atoms with Gasteiger partial charge in [0.15, 0.2) is 5.69 Å². The van der Waals surface area contributed by atoms with Gasteiger partial charge in [-0.05, 0) is 18.4 Å². The molecule has 2 aliphatic rings. The largest absolute Gasteiger partial charge is 0.464 e. The number of aryl methyl sites for hydroxylation is 1. The van der Waals surface area contributed by atoms with Gasteiger partial charge in [0, 0.05) is 43.9 Å². The average molecular weight is 368 g/mol. The van der Waals surface area contributed by atoms with Crippen LogP contribution in [0.3, 0.4) is 0 Å². The van der Waals surface area contributed by atoms with Crippen LogP contribution in [0.4, 0.5) is 0 Å². The second-order valence-electron chi connectivity index (χ2n) is 7.16. The summed E-state index contributed by atoms with van der Waals surface area (Å²) >= 11 is 0. The molecule has 1 aromatic carbocycles. The van der Waals surface area contributed by atoms with Gasteiger partial charge in [-0.15, -0.1) is 0 Å². The zero-order valence-corrected chi connectivity index (χ0v) is 15.6. The molecular formula is C20H24N4O3. The van der Waals surface area contributed by atoms with Gasteiger partial charge < -0.3 is 9.64 Å². The number of hydrogen-bond donors (Lipinski definition) is 1. The highest BCUT2D eigenvalue weighted by Gasteiger charge is 2.36. The van der Waals surface area contributed by atoms with Crippen LogP contribution in [-0.2, 0) is 29.5 Å². The van der Waals surface area contributed by atoms with Gasteiger partial charge in [0.05, 0.1) is 13.2 Å². The lowest BCUT2D eigenvalue weighted by molar-refractivity contribution is -0.134. The Morgan fingerprint density at radius 2 is 2.00 bits per heavy atom. The van der Waals surface area contributed by atoms with Crippen LogP contribution in [0, 0.1) is 0 Å². The Morgan fingerprint density at radius 1 is 1.22 bits per heavy atom. The van der Waals surface area contributed by atoms with Crippen molar-refractivity contribution in [3.8, 4) is 0 Å². The summed E-state index contributed by atoms with van der Waals surface area (Å²) in [5, 5.41) is 7.77. The Morgan fingerprint density at radius 3 is 2.74 bits per heavy atom. The first-order chi connectivity index (χ1) is 13.1. The molecule has 7 heteroatoms. The number of amides is 1. The van der Waals surface area contributed by atoms with Gasteiger partial charge in [-0.1, -0.05) is 30.3 Å². The molecule has 1 N–H and O–H groups in total. The van der Waals surface area contributed by atoms with Crippen LogP contribution < -0.4 is 5.32 Å². The molecule has 0 bridgehead atoms. The third-order valence-electron chi connectivity index (χ3n) is 5.58. The number of methoxy groups -OCH3 is 1. The smallest absolute Gasteiger partial charge is 0.358 e. The van der Waals surface area contributed by atoms with Crippen molar-refractivity contribution < 1.29 is 14.3 Å². The molecule has 1 fully saturated rings. The van der Waals surface area contributed by atoms with Crippen LogP contribution in [0.2, 0.25) is 0 Å². The molecule has 27 heavy (non-hydrogen) atoms. The van der Waals surface area contributed by atoms with Crippen molar-refractivity contribution in [2.75, 3.05) is 13.7 Å². The standard InChI is InChI=1S/C20H24N4O3/c1-23-17-10-11-24(12-14(17)18(22-23)20(26)27-2)19(25)16-9-8-15(21-16)13-6-4-3-5-7-13/h3-7,15-16,21H,8-12H2,1-2H3/t15-,16-/m1/s1. The number of nitrogens with one attached hydrogen (secondary N) is 1. The van der Waals surface area contributed by atoms with E-state index in [-0.39, 0.29) is 18.0 Å². The molecule has 2 aromatic rings. The summed E-state index contributed by atoms with van der Waals surface area (Å²) in [6.07, 6.45) is 2.45. The van der Waals surface area contributed by atoms with Gasteiger partial charge in [0.25, 0.3) is 0 Å². The van der Waals surface area contributed by atoms with Crippen molar-refractivity contribution in [2.24, 2.45) is 7.05 Å². The van der Waals surface area contributed by atoms with Crippen LogP contribution in [0.15, 0.2) is 30.3 Å². The van der Waals surface area contributed by atoms with Crippen molar-refractivity contribution >= 4 is 11.9 Å². The number of carbonyl (C=O) groups excluding carboxylic acids is 2. The second-order valence-corrected chi connectivity index (χ2v) is 7.16. The van der Waals surface area contributed by atoms with Crippen molar-refractivity contribution in [3.05, 3.63) is 52.8 Å². The Balaban J connectivity index is 1.48. The van der Waals surface area contributed by atoms with Gasteiger partial charge in [0.2, 0.25) is 5.91 Å². The number of rotatable bonds is 3. The van der Waals surface area contributed by atoms with E-state index in [2.05, 4.69) is 22.5 Å². The van der Waals surface area contributed by atoms with E-state index < -0.39 is 5.97 Å². The van der Waals surface area contributed by atoms with Crippen LogP contribution in [0.25, 0.3) is 0 Å². The molecule has 2 aliphatic heterocycles. The SMILES string of the molecule is COC(=O)c1nn(C)c2c1CN(C(=O)[C@H]1CC[C@H](c3ccccc3)N1)CC2. The fourth-order valence-corrected chi connectivity index (χ4v) is 4.15. The zero-order valence-electron chi connectivity index (χ0n) is 15.6. The fourth-order valence-electron chi connectivity index (χ4n) is 4.15. The predicted octanol–water partition coefficient (Wildman–Crippen LogP) is 1.58. The highest BCUT2D eigenvalue weighted by Crippen LogP contribution is 2.29. The highest BCUT2D eigenvalue weighted by atomic mass is 16.5. The van der Waals surface area contributed by atoms with Gasteiger partial charge in [-0.3, -0.25) is 14.8 Å². The summed E-state index contributed by atoms with van der Waals surface area (Å²) in [6, 6.07) is 10.3. The summed E-state index contributed by atoms with van der Waals surface area (Å²) in [5.74, 6) is -0.358. The number of ether oxygens (including phenoxy) is 1. The maximum atomic E-state index is 13.1. The van der Waals surface area contributed by atoms with E-state index >= 15 is 0 Å². The average Bonchev–Trinajstić information content (AvgIpc) is 3.33. The summed E-state index contributed by atoms with van der Waals surface area (Å²) < 4.78 is 6.57. The van der Waals surface area contributed by atoms with E-state index in [9.17, 15) is 9.59 Å². The summed E-state index contributed by atoms with van der Waals surface area (Å²) in [4.78, 5) is 26.9. The van der Waals surface area contributed by atoms with Crippen LogP contribution >= 0.6 is 0 Å². The van der Waals surface area contributed by atoms with Crippen LogP contribution in [0.5, 0.6) is 0 Å². The molecule has 3 heterocycles. The van der Waals surface area contributed by atoms with Gasteiger partial charge >= 0.3 is 5.97 Å². The highest BCUT2D eigenvalue weighted by molar-refractivity contribution is 5.90. The van der Waals surface area contributed by atoms with Crippen molar-refractivity contribution in [2.45, 2.75) is 37.9 Å². The summed E-state index contributed by atoms with van der Waals surface area (Å²) in [6.45, 7) is 1.04. The van der Waals surface area contributed by atoms with Crippen molar-refractivity contribution in [1.82, 2.24) is 20.0 Å². The summed E-state index contributed by atoms with van der Waals surface area (Å²) in [7, 11) is 3.17. The predicted molar refractivity (Wildman–Crippen MR) is 99.0 cm³/mol. The number of benzene rings is 1. The quantitative estimate of drug-likeness (QED) is 0.833. The minimum absolute atomic E-state index is 0.0961. The molecule has 1 aromatic heterocycles. The van der Waals surface area contributed by atoms with Crippen LogP contribution in [-0.4, -0.2) is 46.3 Å². The molecule has 0 radical (unpaired) electrons. The molecule has 0 saturated carbocycles. The number of fused-ring (bicyclic) bond motifs is 1. The first kappa shape index (κ1) is 17.7. The first-order valence-corrected chi connectivity index (χ1v) is 9.31. The molecule has 0 spiro atoms. The first-order valence-electron chi connectivity index (χ1n) is 9.31. The minimum atomic E-state index is -0.454. The van der Waals surface area contributed by atoms with E-state index in [1.54, 1.807) is 4.68 Å². The molecule has 1 amide bonds. The number of esters is 1. The summed E-state index contributed by atoms with van der Waals surface area (Å²) in [5.41, 5.74) is 3.34. The Kier molecular flexibility index (Phi) is 4.70. The fraction of sp³-hybridized carbons (Fsp3) is 0.450. The Hall–Kier alpha value is -2.67. The lowest BCUT2D eigenvalue weighted by Gasteiger charge is -2.30. The molecule has 4 rings (SSSR count).